The summed E-state index contributed by atoms with van der Waals surface area (Å²) >= 11 is 3.38. The van der Waals surface area contributed by atoms with Gasteiger partial charge in [0, 0.05) is 17.7 Å². The van der Waals surface area contributed by atoms with E-state index in [0.29, 0.717) is 18.6 Å². The van der Waals surface area contributed by atoms with Gasteiger partial charge in [0.15, 0.2) is 0 Å². The summed E-state index contributed by atoms with van der Waals surface area (Å²) in [7, 11) is 0. The molecule has 0 aliphatic heterocycles. The van der Waals surface area contributed by atoms with Crippen molar-refractivity contribution in [2.45, 2.75) is 12.8 Å². The molecule has 0 saturated carbocycles. The molecule has 0 saturated heterocycles. The highest BCUT2D eigenvalue weighted by atomic mass is 32.2. The number of ketones is 1. The lowest BCUT2D eigenvalue weighted by molar-refractivity contribution is -0.117. The molecule has 0 spiro atoms. The molecule has 66 valence electrons. The predicted octanol–water partition coefficient (Wildman–Crippen LogP) is 2.61. The smallest absolute Gasteiger partial charge is 0.138 e. The molecule has 1 aromatic rings. The number of Topliss-reactive ketones (excluding diaryl/α,β-unsaturated/α-hetero) is 1. The van der Waals surface area contributed by atoms with E-state index in [1.54, 1.807) is 23.1 Å². The molecule has 0 unspecified atom stereocenters. The van der Waals surface area contributed by atoms with E-state index in [-0.39, 0.29) is 0 Å². The van der Waals surface area contributed by atoms with Gasteiger partial charge >= 0.3 is 0 Å². The van der Waals surface area contributed by atoms with Crippen molar-refractivity contribution in [3.05, 3.63) is 22.4 Å². The molecule has 1 heterocycles. The quantitative estimate of drug-likeness (QED) is 0.727. The summed E-state index contributed by atoms with van der Waals surface area (Å²) < 4.78 is 0. The molecule has 1 rings (SSSR count). The zero-order valence-corrected chi connectivity index (χ0v) is 8.71. The minimum absolute atomic E-state index is 0.354. The van der Waals surface area contributed by atoms with Gasteiger partial charge in [-0.1, -0.05) is 6.07 Å². The minimum atomic E-state index is 0.354. The highest BCUT2D eigenvalue weighted by Gasteiger charge is 2.02. The molecular formula is C9H12OS2. The van der Waals surface area contributed by atoms with Gasteiger partial charge in [0.2, 0.25) is 0 Å². The Morgan fingerprint density at radius 3 is 3.08 bits per heavy atom. The van der Waals surface area contributed by atoms with Crippen LogP contribution in [0.15, 0.2) is 17.5 Å². The number of thiophene rings is 1. The highest BCUT2D eigenvalue weighted by Crippen LogP contribution is 2.10. The van der Waals surface area contributed by atoms with Gasteiger partial charge in [-0.2, -0.15) is 11.8 Å². The fraction of sp³-hybridized carbons (Fsp3) is 0.444. The summed E-state index contributed by atoms with van der Waals surface area (Å²) in [4.78, 5) is 12.4. The first-order valence-corrected chi connectivity index (χ1v) is 6.13. The number of thioether (sulfide) groups is 1. The predicted molar refractivity (Wildman–Crippen MR) is 56.0 cm³/mol. The summed E-state index contributed by atoms with van der Waals surface area (Å²) in [6.45, 7) is 0. The molecule has 0 aliphatic carbocycles. The van der Waals surface area contributed by atoms with Gasteiger partial charge in [-0.15, -0.1) is 11.3 Å². The molecule has 1 nitrogen and oxygen atoms in total. The Kier molecular flexibility index (Phi) is 4.40. The molecule has 0 bridgehead atoms. The number of hydrogen-bond acceptors (Lipinski definition) is 3. The van der Waals surface area contributed by atoms with Crippen molar-refractivity contribution in [2.24, 2.45) is 0 Å². The average molecular weight is 200 g/mol. The van der Waals surface area contributed by atoms with Gasteiger partial charge in [0.1, 0.15) is 5.78 Å². The monoisotopic (exact) mass is 200 g/mol. The summed E-state index contributed by atoms with van der Waals surface area (Å²) in [5, 5.41) is 2.01. The van der Waals surface area contributed by atoms with E-state index >= 15 is 0 Å². The first kappa shape index (κ1) is 9.81. The zero-order valence-electron chi connectivity index (χ0n) is 7.08. The average Bonchev–Trinajstić information content (AvgIpc) is 2.53. The Labute approximate surface area is 81.2 Å². The molecule has 0 aliphatic rings. The third-order valence-electron chi connectivity index (χ3n) is 1.54. The van der Waals surface area contributed by atoms with Gasteiger partial charge < -0.3 is 0 Å². The van der Waals surface area contributed by atoms with Gasteiger partial charge in [0.05, 0.1) is 0 Å². The third-order valence-corrected chi connectivity index (χ3v) is 3.03. The van der Waals surface area contributed by atoms with Gasteiger partial charge in [-0.3, -0.25) is 4.79 Å². The first-order chi connectivity index (χ1) is 5.83. The van der Waals surface area contributed by atoms with Crippen LogP contribution in [-0.2, 0) is 11.2 Å². The van der Waals surface area contributed by atoms with Crippen LogP contribution in [-0.4, -0.2) is 17.8 Å². The van der Waals surface area contributed by atoms with Crippen LogP contribution in [0.3, 0.4) is 0 Å². The van der Waals surface area contributed by atoms with Crippen molar-refractivity contribution in [1.82, 2.24) is 0 Å². The fourth-order valence-corrected chi connectivity index (χ4v) is 2.08. The second-order valence-corrected chi connectivity index (χ2v) is 4.56. The Hall–Kier alpha value is -0.280. The van der Waals surface area contributed by atoms with Crippen LogP contribution in [0, 0.1) is 0 Å². The van der Waals surface area contributed by atoms with Crippen molar-refractivity contribution in [1.29, 1.82) is 0 Å². The van der Waals surface area contributed by atoms with Gasteiger partial charge in [0.25, 0.3) is 0 Å². The molecular weight excluding hydrogens is 188 g/mol. The number of hydrogen-bond donors (Lipinski definition) is 0. The highest BCUT2D eigenvalue weighted by molar-refractivity contribution is 7.98. The van der Waals surface area contributed by atoms with Crippen LogP contribution < -0.4 is 0 Å². The van der Waals surface area contributed by atoms with Gasteiger partial charge in [-0.25, -0.2) is 0 Å². The Bertz CT molecular complexity index is 229. The SMILES string of the molecule is CSCCC(=O)Cc1cccs1. The molecule has 0 aromatic carbocycles. The van der Waals surface area contributed by atoms with Gasteiger partial charge in [-0.05, 0) is 23.5 Å². The van der Waals surface area contributed by atoms with Crippen LogP contribution in [0.2, 0.25) is 0 Å². The second-order valence-electron chi connectivity index (χ2n) is 2.54. The molecule has 0 N–H and O–H groups in total. The van der Waals surface area contributed by atoms with E-state index in [4.69, 9.17) is 0 Å². The van der Waals surface area contributed by atoms with E-state index in [9.17, 15) is 4.79 Å². The number of carbonyl (C=O) groups excluding carboxylic acids is 1. The van der Waals surface area contributed by atoms with E-state index in [1.165, 1.54) is 4.88 Å². The van der Waals surface area contributed by atoms with E-state index in [2.05, 4.69) is 0 Å². The van der Waals surface area contributed by atoms with Crippen LogP contribution in [0.4, 0.5) is 0 Å². The van der Waals surface area contributed by atoms with Crippen LogP contribution in [0.5, 0.6) is 0 Å². The van der Waals surface area contributed by atoms with Crippen LogP contribution in [0.25, 0.3) is 0 Å². The molecule has 0 radical (unpaired) electrons. The maximum Gasteiger partial charge on any atom is 0.138 e. The molecule has 1 aromatic heterocycles. The second kappa shape index (κ2) is 5.38. The number of rotatable bonds is 5. The Morgan fingerprint density at radius 2 is 2.50 bits per heavy atom. The molecule has 12 heavy (non-hydrogen) atoms. The molecule has 3 heteroatoms. The number of carbonyl (C=O) groups is 1. The summed E-state index contributed by atoms with van der Waals surface area (Å²) in [5.74, 6) is 1.30. The summed E-state index contributed by atoms with van der Waals surface area (Å²) in [6, 6.07) is 4.00. The van der Waals surface area contributed by atoms with Crippen molar-refractivity contribution < 1.29 is 4.79 Å². The first-order valence-electron chi connectivity index (χ1n) is 3.86. The summed E-state index contributed by atoms with van der Waals surface area (Å²) in [6.07, 6.45) is 3.36. The minimum Gasteiger partial charge on any atom is -0.299 e. The standard InChI is InChI=1S/C9H12OS2/c1-11-6-4-8(10)7-9-3-2-5-12-9/h2-3,5H,4,6-7H2,1H3. The van der Waals surface area contributed by atoms with Crippen LogP contribution >= 0.6 is 23.1 Å². The van der Waals surface area contributed by atoms with Crippen molar-refractivity contribution in [2.75, 3.05) is 12.0 Å². The molecule has 0 amide bonds. The van der Waals surface area contributed by atoms with E-state index < -0.39 is 0 Å². The summed E-state index contributed by atoms with van der Waals surface area (Å²) in [5.41, 5.74) is 0. The maximum atomic E-state index is 11.3. The lowest BCUT2D eigenvalue weighted by Gasteiger charge is -1.95. The topological polar surface area (TPSA) is 17.1 Å². The zero-order chi connectivity index (χ0) is 8.81. The van der Waals surface area contributed by atoms with E-state index in [0.717, 1.165) is 5.75 Å². The largest absolute Gasteiger partial charge is 0.299 e. The third kappa shape index (κ3) is 3.41. The normalized spacial score (nSPS) is 10.1. The molecule has 0 fully saturated rings. The van der Waals surface area contributed by atoms with Crippen molar-refractivity contribution in [3.63, 3.8) is 0 Å². The van der Waals surface area contributed by atoms with Crippen molar-refractivity contribution in [3.8, 4) is 0 Å². The van der Waals surface area contributed by atoms with Crippen LogP contribution in [0.1, 0.15) is 11.3 Å². The maximum absolute atomic E-state index is 11.3. The molecule has 0 atom stereocenters. The fourth-order valence-electron chi connectivity index (χ4n) is 0.912. The lowest BCUT2D eigenvalue weighted by atomic mass is 10.2. The van der Waals surface area contributed by atoms with E-state index in [1.807, 2.05) is 23.8 Å². The van der Waals surface area contributed by atoms with Crippen molar-refractivity contribution >= 4 is 28.9 Å². The Morgan fingerprint density at radius 1 is 1.67 bits per heavy atom. The lowest BCUT2D eigenvalue weighted by Crippen LogP contribution is -2.02. The Balaban J connectivity index is 2.27.